The van der Waals surface area contributed by atoms with Crippen molar-refractivity contribution >= 4 is 23.2 Å². The highest BCUT2D eigenvalue weighted by Gasteiger charge is 2.26. The minimum absolute atomic E-state index is 0.0859. The minimum atomic E-state index is -0.621. The van der Waals surface area contributed by atoms with Crippen LogP contribution in [0.5, 0.6) is 0 Å². The van der Waals surface area contributed by atoms with E-state index in [1.807, 2.05) is 0 Å². The van der Waals surface area contributed by atoms with Gasteiger partial charge in [-0.2, -0.15) is 0 Å². The van der Waals surface area contributed by atoms with Crippen molar-refractivity contribution in [3.05, 3.63) is 38.9 Å². The summed E-state index contributed by atoms with van der Waals surface area (Å²) < 4.78 is 0. The highest BCUT2D eigenvalue weighted by Crippen LogP contribution is 2.29. The van der Waals surface area contributed by atoms with Gasteiger partial charge in [0.15, 0.2) is 0 Å². The first-order chi connectivity index (χ1) is 8.11. The lowest BCUT2D eigenvalue weighted by atomic mass is 10.2. The second-order valence-corrected chi connectivity index (χ2v) is 3.87. The predicted molar refractivity (Wildman–Crippen MR) is 59.7 cm³/mol. The average Bonchev–Trinajstić information content (AvgIpc) is 2.81. The SMILES string of the molecule is O=C(c1cccc([N+](=O)[O-])c1Cl)N1CCCO1. The standard InChI is InChI=1S/C10H9ClN2O4/c11-9-7(3-1-4-8(9)13(15)16)10(14)12-5-2-6-17-12/h1,3-4H,2,5-6H2. The van der Waals surface area contributed by atoms with Gasteiger partial charge in [-0.25, -0.2) is 5.06 Å². The number of halogens is 1. The summed E-state index contributed by atoms with van der Waals surface area (Å²) in [5.74, 6) is -0.448. The molecule has 0 unspecified atom stereocenters. The molecule has 0 bridgehead atoms. The number of carbonyl (C=O) groups is 1. The van der Waals surface area contributed by atoms with Crippen molar-refractivity contribution in [1.29, 1.82) is 0 Å². The Hall–Kier alpha value is -1.66. The van der Waals surface area contributed by atoms with Crippen molar-refractivity contribution in [1.82, 2.24) is 5.06 Å². The van der Waals surface area contributed by atoms with E-state index in [1.165, 1.54) is 23.3 Å². The summed E-state index contributed by atoms with van der Waals surface area (Å²) in [5.41, 5.74) is -0.195. The first kappa shape index (κ1) is 11.8. The maximum absolute atomic E-state index is 11.9. The molecule has 0 radical (unpaired) electrons. The van der Waals surface area contributed by atoms with Crippen LogP contribution in [0.1, 0.15) is 16.8 Å². The smallest absolute Gasteiger partial charge is 0.271 e. The van der Waals surface area contributed by atoms with Gasteiger partial charge in [-0.3, -0.25) is 19.7 Å². The fraction of sp³-hybridized carbons (Fsp3) is 0.300. The Labute approximate surface area is 102 Å². The number of nitro benzene ring substituents is 1. The normalized spacial score (nSPS) is 15.0. The third-order valence-corrected chi connectivity index (χ3v) is 2.78. The Morgan fingerprint density at radius 1 is 1.53 bits per heavy atom. The van der Waals surface area contributed by atoms with E-state index in [0.717, 1.165) is 6.42 Å². The van der Waals surface area contributed by atoms with Crippen LogP contribution in [-0.2, 0) is 4.84 Å². The van der Waals surface area contributed by atoms with Gasteiger partial charge in [0.2, 0.25) is 0 Å². The van der Waals surface area contributed by atoms with E-state index in [1.54, 1.807) is 0 Å². The van der Waals surface area contributed by atoms with Crippen LogP contribution in [-0.4, -0.2) is 29.0 Å². The Bertz CT molecular complexity index is 471. The second kappa shape index (κ2) is 4.68. The zero-order valence-electron chi connectivity index (χ0n) is 8.76. The van der Waals surface area contributed by atoms with Gasteiger partial charge in [-0.1, -0.05) is 17.7 Å². The molecule has 0 N–H and O–H groups in total. The number of amides is 1. The topological polar surface area (TPSA) is 72.7 Å². The third kappa shape index (κ3) is 2.22. The molecule has 1 aromatic rings. The predicted octanol–water partition coefficient (Wildman–Crippen LogP) is 2.03. The zero-order chi connectivity index (χ0) is 12.4. The van der Waals surface area contributed by atoms with Crippen LogP contribution in [0, 0.1) is 10.1 Å². The average molecular weight is 257 g/mol. The third-order valence-electron chi connectivity index (χ3n) is 2.38. The molecule has 1 aliphatic rings. The number of benzene rings is 1. The van der Waals surface area contributed by atoms with Crippen LogP contribution in [0.3, 0.4) is 0 Å². The van der Waals surface area contributed by atoms with E-state index in [2.05, 4.69) is 0 Å². The van der Waals surface area contributed by atoms with Crippen LogP contribution in [0.25, 0.3) is 0 Å². The molecule has 1 amide bonds. The first-order valence-corrected chi connectivity index (χ1v) is 5.36. The van der Waals surface area contributed by atoms with Crippen LogP contribution in [0.15, 0.2) is 18.2 Å². The van der Waals surface area contributed by atoms with Crippen molar-refractivity contribution in [3.63, 3.8) is 0 Å². The molecule has 1 aliphatic heterocycles. The summed E-state index contributed by atoms with van der Waals surface area (Å²) in [6, 6.07) is 4.12. The van der Waals surface area contributed by atoms with Crippen molar-refractivity contribution < 1.29 is 14.6 Å². The van der Waals surface area contributed by atoms with Gasteiger partial charge in [-0.15, -0.1) is 0 Å². The van der Waals surface area contributed by atoms with E-state index in [-0.39, 0.29) is 16.3 Å². The fourth-order valence-electron chi connectivity index (χ4n) is 1.57. The summed E-state index contributed by atoms with van der Waals surface area (Å²) in [5, 5.41) is 11.7. The molecule has 2 rings (SSSR count). The lowest BCUT2D eigenvalue weighted by molar-refractivity contribution is -0.384. The largest absolute Gasteiger partial charge is 0.288 e. The number of nitrogens with zero attached hydrogens (tertiary/aromatic N) is 2. The molecule has 1 saturated heterocycles. The molecule has 0 aliphatic carbocycles. The van der Waals surface area contributed by atoms with E-state index < -0.39 is 10.8 Å². The minimum Gasteiger partial charge on any atom is -0.271 e. The van der Waals surface area contributed by atoms with Crippen LogP contribution >= 0.6 is 11.6 Å². The van der Waals surface area contributed by atoms with Gasteiger partial charge in [0, 0.05) is 6.07 Å². The monoisotopic (exact) mass is 256 g/mol. The lowest BCUT2D eigenvalue weighted by Crippen LogP contribution is -2.26. The number of carbonyl (C=O) groups excluding carboxylic acids is 1. The maximum Gasteiger partial charge on any atom is 0.288 e. The summed E-state index contributed by atoms with van der Waals surface area (Å²) in [4.78, 5) is 27.1. The summed E-state index contributed by atoms with van der Waals surface area (Å²) in [6.07, 6.45) is 0.748. The van der Waals surface area contributed by atoms with Crippen LogP contribution < -0.4 is 0 Å². The zero-order valence-corrected chi connectivity index (χ0v) is 9.51. The number of hydroxylamine groups is 2. The molecule has 1 aromatic carbocycles. The molecule has 0 saturated carbocycles. The molecule has 0 spiro atoms. The molecular weight excluding hydrogens is 248 g/mol. The molecule has 0 aromatic heterocycles. The van der Waals surface area contributed by atoms with Gasteiger partial charge in [0.25, 0.3) is 11.6 Å². The van der Waals surface area contributed by atoms with E-state index in [9.17, 15) is 14.9 Å². The number of nitro groups is 1. The maximum atomic E-state index is 11.9. The Morgan fingerprint density at radius 3 is 2.88 bits per heavy atom. The highest BCUT2D eigenvalue weighted by molar-refractivity contribution is 6.35. The molecule has 0 atom stereocenters. The molecular formula is C10H9ClN2O4. The van der Waals surface area contributed by atoms with Crippen LogP contribution in [0.4, 0.5) is 5.69 Å². The molecule has 90 valence electrons. The molecule has 7 heteroatoms. The van der Waals surface area contributed by atoms with E-state index in [4.69, 9.17) is 16.4 Å². The van der Waals surface area contributed by atoms with Gasteiger partial charge in [0.05, 0.1) is 23.6 Å². The Balaban J connectivity index is 2.35. The molecule has 1 heterocycles. The molecule has 6 nitrogen and oxygen atoms in total. The number of rotatable bonds is 2. The summed E-state index contributed by atoms with van der Waals surface area (Å²) in [7, 11) is 0. The van der Waals surface area contributed by atoms with Crippen molar-refractivity contribution in [2.75, 3.05) is 13.2 Å². The van der Waals surface area contributed by atoms with Crippen LogP contribution in [0.2, 0.25) is 5.02 Å². The fourth-order valence-corrected chi connectivity index (χ4v) is 1.84. The summed E-state index contributed by atoms with van der Waals surface area (Å²) >= 11 is 5.83. The lowest BCUT2D eigenvalue weighted by Gasteiger charge is -2.14. The number of hydrogen-bond acceptors (Lipinski definition) is 4. The second-order valence-electron chi connectivity index (χ2n) is 3.49. The van der Waals surface area contributed by atoms with Crippen molar-refractivity contribution in [2.45, 2.75) is 6.42 Å². The summed E-state index contributed by atoms with van der Waals surface area (Å²) in [6.45, 7) is 0.941. The highest BCUT2D eigenvalue weighted by atomic mass is 35.5. The van der Waals surface area contributed by atoms with E-state index >= 15 is 0 Å². The van der Waals surface area contributed by atoms with Crippen molar-refractivity contribution in [2.24, 2.45) is 0 Å². The molecule has 1 fully saturated rings. The Morgan fingerprint density at radius 2 is 2.29 bits per heavy atom. The molecule has 17 heavy (non-hydrogen) atoms. The van der Waals surface area contributed by atoms with Gasteiger partial charge >= 0.3 is 0 Å². The van der Waals surface area contributed by atoms with Gasteiger partial charge in [0.1, 0.15) is 5.02 Å². The number of hydrogen-bond donors (Lipinski definition) is 0. The quantitative estimate of drug-likeness (QED) is 0.599. The van der Waals surface area contributed by atoms with Crippen molar-refractivity contribution in [3.8, 4) is 0 Å². The van der Waals surface area contributed by atoms with Gasteiger partial charge < -0.3 is 0 Å². The first-order valence-electron chi connectivity index (χ1n) is 4.99. The van der Waals surface area contributed by atoms with Gasteiger partial charge in [-0.05, 0) is 12.5 Å². The Kier molecular flexibility index (Phi) is 3.26. The van der Waals surface area contributed by atoms with E-state index in [0.29, 0.717) is 13.2 Å².